The molecule has 5 heteroatoms. The molecular formula is C13H21NO3S. The van der Waals surface area contributed by atoms with E-state index in [2.05, 4.69) is 4.72 Å². The van der Waals surface area contributed by atoms with Crippen molar-refractivity contribution in [3.8, 4) is 0 Å². The van der Waals surface area contributed by atoms with Crippen molar-refractivity contribution in [3.05, 3.63) is 29.3 Å². The lowest BCUT2D eigenvalue weighted by Gasteiger charge is -2.12. The zero-order valence-corrected chi connectivity index (χ0v) is 12.2. The Morgan fingerprint density at radius 1 is 1.28 bits per heavy atom. The summed E-state index contributed by atoms with van der Waals surface area (Å²) in [6, 6.07) is 5.61. The third-order valence-corrected chi connectivity index (χ3v) is 3.69. The molecule has 4 nitrogen and oxygen atoms in total. The molecule has 0 amide bonds. The van der Waals surface area contributed by atoms with Gasteiger partial charge in [-0.25, -0.2) is 8.42 Å². The summed E-state index contributed by atoms with van der Waals surface area (Å²) in [6.45, 7) is 7.82. The van der Waals surface area contributed by atoms with E-state index in [-0.39, 0.29) is 18.5 Å². The van der Waals surface area contributed by atoms with E-state index < -0.39 is 10.0 Å². The second-order valence-corrected chi connectivity index (χ2v) is 6.50. The normalized spacial score (nSPS) is 11.8. The predicted octanol–water partition coefficient (Wildman–Crippen LogP) is 2.47. The van der Waals surface area contributed by atoms with Gasteiger partial charge in [-0.15, -0.1) is 0 Å². The van der Waals surface area contributed by atoms with E-state index in [4.69, 9.17) is 4.74 Å². The summed E-state index contributed by atoms with van der Waals surface area (Å²) in [4.78, 5) is 0. The van der Waals surface area contributed by atoms with Gasteiger partial charge >= 0.3 is 0 Å². The van der Waals surface area contributed by atoms with E-state index in [0.717, 1.165) is 11.1 Å². The first kappa shape index (κ1) is 15.0. The van der Waals surface area contributed by atoms with E-state index in [1.54, 1.807) is 6.07 Å². The Morgan fingerprint density at radius 2 is 1.94 bits per heavy atom. The fourth-order valence-electron chi connectivity index (χ4n) is 1.54. The Balaban J connectivity index is 2.65. The lowest BCUT2D eigenvalue weighted by molar-refractivity contribution is 0.0913. The van der Waals surface area contributed by atoms with Crippen LogP contribution in [-0.4, -0.2) is 26.9 Å². The van der Waals surface area contributed by atoms with Crippen molar-refractivity contribution in [2.75, 3.05) is 17.1 Å². The molecule has 0 unspecified atom stereocenters. The van der Waals surface area contributed by atoms with E-state index in [9.17, 15) is 8.42 Å². The first-order valence-electron chi connectivity index (χ1n) is 5.99. The Morgan fingerprint density at radius 3 is 2.50 bits per heavy atom. The number of hydrogen-bond acceptors (Lipinski definition) is 3. The standard InChI is InChI=1S/C13H21NO3S/c1-10(2)17-7-8-18(15,16)14-13-6-5-11(3)9-12(13)4/h5-6,9-10,14H,7-8H2,1-4H3. The highest BCUT2D eigenvalue weighted by molar-refractivity contribution is 7.92. The first-order chi connectivity index (χ1) is 8.30. The number of benzene rings is 1. The minimum atomic E-state index is -3.34. The Labute approximate surface area is 109 Å². The van der Waals surface area contributed by atoms with Crippen LogP contribution >= 0.6 is 0 Å². The summed E-state index contributed by atoms with van der Waals surface area (Å²) in [5, 5.41) is 0. The third kappa shape index (κ3) is 5.06. The molecule has 0 saturated carbocycles. The van der Waals surface area contributed by atoms with Crippen LogP contribution in [0.25, 0.3) is 0 Å². The Kier molecular flexibility index (Phi) is 5.16. The zero-order valence-electron chi connectivity index (χ0n) is 11.4. The summed E-state index contributed by atoms with van der Waals surface area (Å²) < 4.78 is 31.5. The van der Waals surface area contributed by atoms with Gasteiger partial charge in [-0.2, -0.15) is 0 Å². The molecule has 1 N–H and O–H groups in total. The van der Waals surface area contributed by atoms with E-state index in [1.165, 1.54) is 0 Å². The molecule has 1 rings (SSSR count). The number of nitrogens with one attached hydrogen (secondary N) is 1. The molecule has 18 heavy (non-hydrogen) atoms. The lowest BCUT2D eigenvalue weighted by Crippen LogP contribution is -2.22. The van der Waals surface area contributed by atoms with Crippen molar-refractivity contribution in [3.63, 3.8) is 0 Å². The van der Waals surface area contributed by atoms with Crippen molar-refractivity contribution < 1.29 is 13.2 Å². The molecule has 1 aromatic rings. The summed E-state index contributed by atoms with van der Waals surface area (Å²) in [7, 11) is -3.34. The van der Waals surface area contributed by atoms with Gasteiger partial charge in [0.2, 0.25) is 10.0 Å². The molecule has 0 fully saturated rings. The van der Waals surface area contributed by atoms with Crippen LogP contribution in [0.3, 0.4) is 0 Å². The minimum Gasteiger partial charge on any atom is -0.378 e. The molecule has 0 bridgehead atoms. The maximum absolute atomic E-state index is 11.8. The van der Waals surface area contributed by atoms with Gasteiger partial charge in [0.1, 0.15) is 0 Å². The average molecular weight is 271 g/mol. The van der Waals surface area contributed by atoms with E-state index >= 15 is 0 Å². The van der Waals surface area contributed by atoms with Crippen molar-refractivity contribution in [2.24, 2.45) is 0 Å². The first-order valence-corrected chi connectivity index (χ1v) is 7.65. The van der Waals surface area contributed by atoms with Crippen molar-refractivity contribution in [1.29, 1.82) is 0 Å². The van der Waals surface area contributed by atoms with Crippen LogP contribution in [0.5, 0.6) is 0 Å². The second kappa shape index (κ2) is 6.20. The summed E-state index contributed by atoms with van der Waals surface area (Å²) >= 11 is 0. The van der Waals surface area contributed by atoms with Gasteiger partial charge in [0.25, 0.3) is 0 Å². The van der Waals surface area contributed by atoms with Crippen LogP contribution in [0.2, 0.25) is 0 Å². The SMILES string of the molecule is Cc1ccc(NS(=O)(=O)CCOC(C)C)c(C)c1. The van der Waals surface area contributed by atoms with Crippen LogP contribution < -0.4 is 4.72 Å². The van der Waals surface area contributed by atoms with Gasteiger partial charge in [-0.3, -0.25) is 4.72 Å². The van der Waals surface area contributed by atoms with Gasteiger partial charge < -0.3 is 4.74 Å². The van der Waals surface area contributed by atoms with Gasteiger partial charge in [0.05, 0.1) is 24.2 Å². The fourth-order valence-corrected chi connectivity index (χ4v) is 2.52. The number of rotatable bonds is 6. The largest absolute Gasteiger partial charge is 0.378 e. The van der Waals surface area contributed by atoms with Gasteiger partial charge in [0.15, 0.2) is 0 Å². The number of aryl methyl sites for hydroxylation is 2. The van der Waals surface area contributed by atoms with E-state index in [0.29, 0.717) is 5.69 Å². The number of ether oxygens (including phenoxy) is 1. The lowest BCUT2D eigenvalue weighted by atomic mass is 10.1. The molecular weight excluding hydrogens is 250 g/mol. The molecule has 0 spiro atoms. The predicted molar refractivity (Wildman–Crippen MR) is 74.4 cm³/mol. The number of anilines is 1. The molecule has 1 aromatic carbocycles. The van der Waals surface area contributed by atoms with Crippen LogP contribution in [0, 0.1) is 13.8 Å². The molecule has 102 valence electrons. The smallest absolute Gasteiger partial charge is 0.235 e. The molecule has 0 aliphatic heterocycles. The zero-order chi connectivity index (χ0) is 13.8. The minimum absolute atomic E-state index is 0.0293. The van der Waals surface area contributed by atoms with Crippen LogP contribution in [-0.2, 0) is 14.8 Å². The fraction of sp³-hybridized carbons (Fsp3) is 0.538. The molecule has 0 aromatic heterocycles. The maximum atomic E-state index is 11.8. The summed E-state index contributed by atoms with van der Waals surface area (Å²) in [5.74, 6) is -0.0293. The van der Waals surface area contributed by atoms with Gasteiger partial charge in [-0.05, 0) is 39.3 Å². The second-order valence-electron chi connectivity index (χ2n) is 4.66. The molecule has 0 heterocycles. The van der Waals surface area contributed by atoms with Crippen LogP contribution in [0.4, 0.5) is 5.69 Å². The monoisotopic (exact) mass is 271 g/mol. The quantitative estimate of drug-likeness (QED) is 0.864. The van der Waals surface area contributed by atoms with Crippen molar-refractivity contribution in [1.82, 2.24) is 0 Å². The maximum Gasteiger partial charge on any atom is 0.235 e. The Hall–Kier alpha value is -1.07. The number of sulfonamides is 1. The Bertz CT molecular complexity index is 495. The molecule has 0 aliphatic carbocycles. The van der Waals surface area contributed by atoms with Crippen molar-refractivity contribution in [2.45, 2.75) is 33.8 Å². The average Bonchev–Trinajstić information content (AvgIpc) is 2.21. The third-order valence-electron chi connectivity index (χ3n) is 2.45. The highest BCUT2D eigenvalue weighted by atomic mass is 32.2. The van der Waals surface area contributed by atoms with Gasteiger partial charge in [0, 0.05) is 0 Å². The van der Waals surface area contributed by atoms with Crippen LogP contribution in [0.1, 0.15) is 25.0 Å². The van der Waals surface area contributed by atoms with Gasteiger partial charge in [-0.1, -0.05) is 17.7 Å². The summed E-state index contributed by atoms with van der Waals surface area (Å²) in [5.41, 5.74) is 2.66. The molecule has 0 aliphatic rings. The highest BCUT2D eigenvalue weighted by Crippen LogP contribution is 2.17. The van der Waals surface area contributed by atoms with Crippen LogP contribution in [0.15, 0.2) is 18.2 Å². The highest BCUT2D eigenvalue weighted by Gasteiger charge is 2.12. The summed E-state index contributed by atoms with van der Waals surface area (Å²) in [6.07, 6.45) is 0.0429. The molecule has 0 atom stereocenters. The topological polar surface area (TPSA) is 55.4 Å². The molecule has 0 saturated heterocycles. The van der Waals surface area contributed by atoms with Crippen molar-refractivity contribution >= 4 is 15.7 Å². The molecule has 0 radical (unpaired) electrons. The number of hydrogen-bond donors (Lipinski definition) is 1. The van der Waals surface area contributed by atoms with E-state index in [1.807, 2.05) is 39.8 Å².